The van der Waals surface area contributed by atoms with Crippen LogP contribution in [0, 0.1) is 0 Å². The molecule has 0 saturated heterocycles. The van der Waals surface area contributed by atoms with Crippen LogP contribution in [0.4, 0.5) is 17.1 Å². The van der Waals surface area contributed by atoms with Gasteiger partial charge in [-0.3, -0.25) is 0 Å². The summed E-state index contributed by atoms with van der Waals surface area (Å²) in [6, 6.07) is 72.6. The standard InChI is InChI=1S/C55H39NO/c1-55(2)50-17-9-8-15-47(50)48-34-32-44(35-51(48)55)56(42-28-23-39(24-29-42)38-21-19-37(20-22-38)36-11-4-3-5-12-36)43-30-25-41(26-31-43)45-16-10-18-52-53(45)49-33-27-40-13-6-7-14-46(40)54(49)57-52/h3-35H,1-2H3. The van der Waals surface area contributed by atoms with Crippen LogP contribution >= 0.6 is 0 Å². The highest BCUT2D eigenvalue weighted by Crippen LogP contribution is 2.51. The molecule has 0 saturated carbocycles. The number of fused-ring (bicyclic) bond motifs is 8. The van der Waals surface area contributed by atoms with Crippen LogP contribution in [0.5, 0.6) is 0 Å². The first-order chi connectivity index (χ1) is 28.0. The normalized spacial score (nSPS) is 12.9. The van der Waals surface area contributed by atoms with Crippen LogP contribution in [0.2, 0.25) is 0 Å². The van der Waals surface area contributed by atoms with E-state index in [1.165, 1.54) is 55.5 Å². The van der Waals surface area contributed by atoms with Gasteiger partial charge in [-0.25, -0.2) is 0 Å². The summed E-state index contributed by atoms with van der Waals surface area (Å²) in [6.45, 7) is 4.70. The minimum Gasteiger partial charge on any atom is -0.455 e. The Bertz CT molecular complexity index is 3120. The van der Waals surface area contributed by atoms with Gasteiger partial charge in [0.2, 0.25) is 0 Å². The SMILES string of the molecule is CC1(C)c2ccccc2-c2ccc(N(c3ccc(-c4ccc(-c5ccccc5)cc4)cc3)c3ccc(-c4cccc5oc6c7ccccc7ccc6c45)cc3)cc21. The molecule has 270 valence electrons. The number of hydrogen-bond donors (Lipinski definition) is 0. The van der Waals surface area contributed by atoms with Crippen molar-refractivity contribution >= 4 is 49.8 Å². The highest BCUT2D eigenvalue weighted by atomic mass is 16.3. The van der Waals surface area contributed by atoms with Gasteiger partial charge in [0.15, 0.2) is 0 Å². The summed E-state index contributed by atoms with van der Waals surface area (Å²) in [5.41, 5.74) is 17.6. The second-order valence-electron chi connectivity index (χ2n) is 15.7. The van der Waals surface area contributed by atoms with Crippen LogP contribution in [-0.2, 0) is 5.41 Å². The summed E-state index contributed by atoms with van der Waals surface area (Å²) in [5, 5.41) is 4.61. The third kappa shape index (κ3) is 5.40. The summed E-state index contributed by atoms with van der Waals surface area (Å²) >= 11 is 0. The maximum Gasteiger partial charge on any atom is 0.143 e. The fourth-order valence-electron chi connectivity index (χ4n) is 9.15. The molecule has 9 aromatic carbocycles. The van der Waals surface area contributed by atoms with Gasteiger partial charge < -0.3 is 9.32 Å². The lowest BCUT2D eigenvalue weighted by Gasteiger charge is -2.28. The van der Waals surface area contributed by atoms with Gasteiger partial charge in [-0.2, -0.15) is 0 Å². The molecule has 0 amide bonds. The van der Waals surface area contributed by atoms with Crippen molar-refractivity contribution in [1.29, 1.82) is 0 Å². The van der Waals surface area contributed by atoms with Gasteiger partial charge in [0.25, 0.3) is 0 Å². The van der Waals surface area contributed by atoms with E-state index in [1.807, 2.05) is 0 Å². The molecule has 0 spiro atoms. The molecule has 0 bridgehead atoms. The van der Waals surface area contributed by atoms with Gasteiger partial charge in [0.05, 0.1) is 0 Å². The maximum atomic E-state index is 6.54. The molecule has 0 atom stereocenters. The Balaban J connectivity index is 1.00. The highest BCUT2D eigenvalue weighted by molar-refractivity contribution is 6.19. The lowest BCUT2D eigenvalue weighted by Crippen LogP contribution is -2.16. The molecule has 0 N–H and O–H groups in total. The van der Waals surface area contributed by atoms with Gasteiger partial charge >= 0.3 is 0 Å². The van der Waals surface area contributed by atoms with Crippen molar-refractivity contribution in [2.45, 2.75) is 19.3 Å². The summed E-state index contributed by atoms with van der Waals surface area (Å²) in [6.07, 6.45) is 0. The van der Waals surface area contributed by atoms with Crippen molar-refractivity contribution in [1.82, 2.24) is 0 Å². The average Bonchev–Trinajstić information content (AvgIpc) is 3.77. The number of anilines is 3. The molecule has 1 aliphatic carbocycles. The Morgan fingerprint density at radius 2 is 0.947 bits per heavy atom. The van der Waals surface area contributed by atoms with E-state index in [-0.39, 0.29) is 5.41 Å². The molecule has 0 unspecified atom stereocenters. The van der Waals surface area contributed by atoms with Crippen LogP contribution < -0.4 is 4.90 Å². The Labute approximate surface area is 332 Å². The predicted octanol–water partition coefficient (Wildman–Crippen LogP) is 15.5. The quantitative estimate of drug-likeness (QED) is 0.169. The van der Waals surface area contributed by atoms with Crippen molar-refractivity contribution in [3.8, 4) is 44.5 Å². The van der Waals surface area contributed by atoms with Gasteiger partial charge in [-0.15, -0.1) is 0 Å². The lowest BCUT2D eigenvalue weighted by molar-refractivity contribution is 0.660. The van der Waals surface area contributed by atoms with Crippen LogP contribution in [0.15, 0.2) is 205 Å². The molecule has 10 aromatic rings. The number of furan rings is 1. The van der Waals surface area contributed by atoms with Crippen LogP contribution in [0.25, 0.3) is 77.2 Å². The zero-order valence-corrected chi connectivity index (χ0v) is 31.9. The minimum absolute atomic E-state index is 0.107. The molecule has 1 aliphatic rings. The second-order valence-corrected chi connectivity index (χ2v) is 15.7. The van der Waals surface area contributed by atoms with Gasteiger partial charge in [-0.05, 0) is 110 Å². The first-order valence-electron chi connectivity index (χ1n) is 19.8. The van der Waals surface area contributed by atoms with Crippen molar-refractivity contribution in [2.75, 3.05) is 4.90 Å². The zero-order valence-electron chi connectivity index (χ0n) is 31.9. The number of hydrogen-bond acceptors (Lipinski definition) is 2. The van der Waals surface area contributed by atoms with Crippen molar-refractivity contribution in [2.24, 2.45) is 0 Å². The van der Waals surface area contributed by atoms with Crippen LogP contribution in [0.1, 0.15) is 25.0 Å². The third-order valence-electron chi connectivity index (χ3n) is 12.1. The summed E-state index contributed by atoms with van der Waals surface area (Å²) in [5.74, 6) is 0. The van der Waals surface area contributed by atoms with E-state index in [0.29, 0.717) is 0 Å². The molecule has 2 nitrogen and oxygen atoms in total. The van der Waals surface area contributed by atoms with Gasteiger partial charge in [0.1, 0.15) is 11.2 Å². The fraction of sp³-hybridized carbons (Fsp3) is 0.0545. The average molecular weight is 730 g/mol. The van der Waals surface area contributed by atoms with Gasteiger partial charge in [0, 0.05) is 38.6 Å². The molecule has 57 heavy (non-hydrogen) atoms. The largest absolute Gasteiger partial charge is 0.455 e. The molecular weight excluding hydrogens is 691 g/mol. The molecule has 0 radical (unpaired) electrons. The molecule has 0 fully saturated rings. The highest BCUT2D eigenvalue weighted by Gasteiger charge is 2.35. The molecule has 1 heterocycles. The lowest BCUT2D eigenvalue weighted by atomic mass is 9.82. The number of rotatable bonds is 6. The van der Waals surface area contributed by atoms with E-state index < -0.39 is 0 Å². The van der Waals surface area contributed by atoms with E-state index in [4.69, 9.17) is 4.42 Å². The van der Waals surface area contributed by atoms with E-state index in [0.717, 1.165) is 50.0 Å². The first kappa shape index (κ1) is 33.2. The third-order valence-corrected chi connectivity index (χ3v) is 12.1. The van der Waals surface area contributed by atoms with Crippen molar-refractivity contribution in [3.63, 3.8) is 0 Å². The molecule has 11 rings (SSSR count). The Morgan fingerprint density at radius 3 is 1.68 bits per heavy atom. The zero-order chi connectivity index (χ0) is 38.1. The summed E-state index contributed by atoms with van der Waals surface area (Å²) < 4.78 is 6.54. The molecular formula is C55H39NO. The van der Waals surface area contributed by atoms with Crippen molar-refractivity contribution in [3.05, 3.63) is 211 Å². The van der Waals surface area contributed by atoms with E-state index in [9.17, 15) is 0 Å². The Kier molecular flexibility index (Phi) is 7.55. The topological polar surface area (TPSA) is 16.4 Å². The monoisotopic (exact) mass is 729 g/mol. The minimum atomic E-state index is -0.107. The summed E-state index contributed by atoms with van der Waals surface area (Å²) in [7, 11) is 0. The van der Waals surface area contributed by atoms with Crippen LogP contribution in [-0.4, -0.2) is 0 Å². The molecule has 1 aromatic heterocycles. The maximum absolute atomic E-state index is 6.54. The van der Waals surface area contributed by atoms with E-state index in [2.05, 4.69) is 219 Å². The summed E-state index contributed by atoms with van der Waals surface area (Å²) in [4.78, 5) is 2.39. The number of nitrogens with zero attached hydrogens (tertiary/aromatic N) is 1. The molecule has 0 aliphatic heterocycles. The Morgan fingerprint density at radius 1 is 0.386 bits per heavy atom. The Hall–Kier alpha value is -7.16. The smallest absolute Gasteiger partial charge is 0.143 e. The second kappa shape index (κ2) is 13.0. The first-order valence-corrected chi connectivity index (χ1v) is 19.8. The number of benzene rings is 9. The van der Waals surface area contributed by atoms with Crippen LogP contribution in [0.3, 0.4) is 0 Å². The van der Waals surface area contributed by atoms with Gasteiger partial charge in [-0.1, -0.05) is 166 Å². The van der Waals surface area contributed by atoms with E-state index >= 15 is 0 Å². The van der Waals surface area contributed by atoms with E-state index in [1.54, 1.807) is 0 Å². The molecule has 2 heteroatoms. The fourth-order valence-corrected chi connectivity index (χ4v) is 9.15. The predicted molar refractivity (Wildman–Crippen MR) is 240 cm³/mol. The van der Waals surface area contributed by atoms with Crippen molar-refractivity contribution < 1.29 is 4.42 Å².